The van der Waals surface area contributed by atoms with Crippen molar-refractivity contribution in [2.75, 3.05) is 29.9 Å². The third kappa shape index (κ3) is 13.7. The summed E-state index contributed by atoms with van der Waals surface area (Å²) in [7, 11) is 2.28. The predicted octanol–water partition coefficient (Wildman–Crippen LogP) is -1.21. The number of ether oxygens (including phenoxy) is 1. The molecular formula is C40H49N11O11S2. The third-order valence-corrected chi connectivity index (χ3v) is 12.5. The smallest absolute Gasteiger partial charge is 0.305 e. The lowest BCUT2D eigenvalue weighted by Crippen LogP contribution is -2.58. The van der Waals surface area contributed by atoms with Crippen molar-refractivity contribution < 1.29 is 53.0 Å². The molecule has 0 aliphatic carbocycles. The Hall–Kier alpha value is -6.66. The molecule has 342 valence electrons. The van der Waals surface area contributed by atoms with Gasteiger partial charge in [0.1, 0.15) is 36.0 Å². The molecule has 64 heavy (non-hydrogen) atoms. The number of hydrogen-bond donors (Lipinski definition) is 11. The first kappa shape index (κ1) is 48.4. The first-order chi connectivity index (χ1) is 30.5. The maximum absolute atomic E-state index is 14.0. The molecule has 1 aromatic heterocycles. The van der Waals surface area contributed by atoms with Gasteiger partial charge in [-0.05, 0) is 37.3 Å². The molecule has 0 saturated carbocycles. The maximum Gasteiger partial charge on any atom is 0.305 e. The number of amidine groups is 1. The second kappa shape index (κ2) is 22.6. The lowest BCUT2D eigenvalue weighted by molar-refractivity contribution is -0.143. The minimum Gasteiger partial charge on any atom is -0.481 e. The number of H-pyrrole nitrogens is 1. The fourth-order valence-electron chi connectivity index (χ4n) is 6.79. The second-order valence-corrected chi connectivity index (χ2v) is 17.5. The van der Waals surface area contributed by atoms with Gasteiger partial charge in [-0.25, -0.2) is 0 Å². The summed E-state index contributed by atoms with van der Waals surface area (Å²) in [6.45, 7) is 0.524. The average Bonchev–Trinajstić information content (AvgIpc) is 3.87. The summed E-state index contributed by atoms with van der Waals surface area (Å²) in [5.41, 5.74) is 13.5. The van der Waals surface area contributed by atoms with Gasteiger partial charge in [-0.3, -0.25) is 48.6 Å². The Bertz CT molecular complexity index is 2280. The standard InChI is InChI=1S/C40H49N11O11S2/c1-20-40(61)51-17-24(62-18-22-15-44-26-5-3-2-4-25(22)26)12-30(51)39(60)50-29(36(43)57)19-64-63-11-10-31(52)48-27(13-32(53)47-23-8-6-21(7-9-23)35(41)42)37(58)45-16-33(54)49-28(14-34(55)56)38(59)46-20/h2-9,15,20,24,27-30,44H,10-14,16-19H2,1H3,(H3,41,42)(H2,43,57)(H,45,58)(H,46,59)(H,47,53)(H,48,52)(H,49,54)(H,50,60)(H,55,56)/t20-,24?,27?,28?,29?,30-/m0/s1. The molecule has 24 heteroatoms. The van der Waals surface area contributed by atoms with Crippen LogP contribution in [0, 0.1) is 5.41 Å². The molecule has 0 spiro atoms. The number of nitrogens with two attached hydrogens (primary N) is 2. The van der Waals surface area contributed by atoms with E-state index in [9.17, 15) is 48.3 Å². The van der Waals surface area contributed by atoms with E-state index < -0.39 is 109 Å². The number of carbonyl (C=O) groups excluding carboxylic acids is 8. The summed E-state index contributed by atoms with van der Waals surface area (Å²) in [6.07, 6.45) is -0.583. The quantitative estimate of drug-likeness (QED) is 0.0646. The number of aromatic amines is 1. The number of nitrogen functional groups attached to an aromatic ring is 1. The van der Waals surface area contributed by atoms with Crippen molar-refractivity contribution in [3.63, 3.8) is 0 Å². The molecular weight excluding hydrogens is 875 g/mol. The lowest BCUT2D eigenvalue weighted by atomic mass is 10.1. The highest BCUT2D eigenvalue weighted by molar-refractivity contribution is 8.76. The number of benzene rings is 2. The number of amides is 8. The number of hydrogen-bond acceptors (Lipinski definition) is 13. The van der Waals surface area contributed by atoms with E-state index in [1.54, 1.807) is 6.20 Å². The average molecular weight is 924 g/mol. The molecule has 13 N–H and O–H groups in total. The van der Waals surface area contributed by atoms with Gasteiger partial charge in [-0.15, -0.1) is 0 Å². The Morgan fingerprint density at radius 1 is 0.891 bits per heavy atom. The molecule has 2 aliphatic rings. The van der Waals surface area contributed by atoms with Crippen LogP contribution >= 0.6 is 21.6 Å². The van der Waals surface area contributed by atoms with Crippen LogP contribution in [0.4, 0.5) is 5.69 Å². The molecule has 2 aliphatic heterocycles. The fourth-order valence-corrected chi connectivity index (χ4v) is 8.96. The van der Waals surface area contributed by atoms with Crippen LogP contribution in [0.3, 0.4) is 0 Å². The monoisotopic (exact) mass is 923 g/mol. The van der Waals surface area contributed by atoms with Gasteiger partial charge in [0, 0.05) is 64.8 Å². The summed E-state index contributed by atoms with van der Waals surface area (Å²) in [5, 5.41) is 32.6. The Morgan fingerprint density at radius 3 is 2.30 bits per heavy atom. The normalized spacial score (nSPS) is 23.4. The zero-order valence-electron chi connectivity index (χ0n) is 34.5. The van der Waals surface area contributed by atoms with E-state index in [2.05, 4.69) is 36.9 Å². The highest BCUT2D eigenvalue weighted by Crippen LogP contribution is 2.27. The molecule has 3 heterocycles. The Balaban J connectivity index is 1.32. The molecule has 8 amide bonds. The topological polar surface area (TPSA) is 350 Å². The number of carboxylic acid groups (broad SMARTS) is 1. The molecule has 0 radical (unpaired) electrons. The van der Waals surface area contributed by atoms with E-state index >= 15 is 0 Å². The molecule has 3 aromatic rings. The van der Waals surface area contributed by atoms with Gasteiger partial charge in [-0.2, -0.15) is 0 Å². The Labute approximate surface area is 373 Å². The van der Waals surface area contributed by atoms with Gasteiger partial charge in [0.05, 0.1) is 32.1 Å². The third-order valence-electron chi connectivity index (χ3n) is 10.1. The van der Waals surface area contributed by atoms with Crippen LogP contribution in [0.2, 0.25) is 0 Å². The number of para-hydroxylation sites is 1. The van der Waals surface area contributed by atoms with Crippen LogP contribution in [0.5, 0.6) is 0 Å². The molecule has 5 rings (SSSR count). The largest absolute Gasteiger partial charge is 0.481 e. The predicted molar refractivity (Wildman–Crippen MR) is 235 cm³/mol. The molecule has 4 unspecified atom stereocenters. The van der Waals surface area contributed by atoms with Gasteiger partial charge in [0.25, 0.3) is 0 Å². The zero-order chi connectivity index (χ0) is 46.5. The number of fused-ring (bicyclic) bond motifs is 2. The molecule has 2 aromatic carbocycles. The molecule has 6 atom stereocenters. The first-order valence-electron chi connectivity index (χ1n) is 19.9. The number of carboxylic acids is 1. The van der Waals surface area contributed by atoms with Crippen molar-refractivity contribution in [3.05, 3.63) is 65.9 Å². The maximum atomic E-state index is 14.0. The molecule has 22 nitrogen and oxygen atoms in total. The van der Waals surface area contributed by atoms with E-state index in [4.69, 9.17) is 21.6 Å². The van der Waals surface area contributed by atoms with E-state index in [1.165, 1.54) is 36.1 Å². The van der Waals surface area contributed by atoms with Gasteiger partial charge >= 0.3 is 5.97 Å². The van der Waals surface area contributed by atoms with Crippen molar-refractivity contribution in [1.82, 2.24) is 36.5 Å². The summed E-state index contributed by atoms with van der Waals surface area (Å²) < 4.78 is 6.19. The highest BCUT2D eigenvalue weighted by atomic mass is 33.1. The summed E-state index contributed by atoms with van der Waals surface area (Å²) in [4.78, 5) is 123. The van der Waals surface area contributed by atoms with Crippen LogP contribution in [0.25, 0.3) is 10.9 Å². The Morgan fingerprint density at radius 2 is 1.59 bits per heavy atom. The van der Waals surface area contributed by atoms with Crippen molar-refractivity contribution >= 4 is 97.2 Å². The van der Waals surface area contributed by atoms with Gasteiger partial charge in [0.2, 0.25) is 47.3 Å². The Kier molecular flexibility index (Phi) is 17.1. The van der Waals surface area contributed by atoms with Gasteiger partial charge in [0.15, 0.2) is 0 Å². The fraction of sp³-hybridized carbons (Fsp3) is 0.400. The van der Waals surface area contributed by atoms with E-state index in [1.807, 2.05) is 24.3 Å². The first-order valence-corrected chi connectivity index (χ1v) is 22.4. The van der Waals surface area contributed by atoms with Crippen LogP contribution in [-0.2, 0) is 54.5 Å². The van der Waals surface area contributed by atoms with Gasteiger partial charge in [-0.1, -0.05) is 39.8 Å². The highest BCUT2D eigenvalue weighted by Gasteiger charge is 2.43. The number of nitrogens with one attached hydrogen (secondary N) is 8. The van der Waals surface area contributed by atoms with Crippen LogP contribution in [-0.4, -0.2) is 135 Å². The van der Waals surface area contributed by atoms with Crippen molar-refractivity contribution in [3.8, 4) is 0 Å². The number of aromatic nitrogens is 1. The summed E-state index contributed by atoms with van der Waals surface area (Å²) in [5.74, 6) is -8.35. The summed E-state index contributed by atoms with van der Waals surface area (Å²) >= 11 is 0. The van der Waals surface area contributed by atoms with E-state index in [0.29, 0.717) is 11.3 Å². The number of aliphatic carboxylic acids is 1. The molecule has 0 bridgehead atoms. The van der Waals surface area contributed by atoms with Crippen molar-refractivity contribution in [2.24, 2.45) is 11.5 Å². The van der Waals surface area contributed by atoms with Crippen LogP contribution in [0.15, 0.2) is 54.7 Å². The number of primary amides is 1. The summed E-state index contributed by atoms with van der Waals surface area (Å²) in [6, 6.07) is 6.46. The number of nitrogens with zero attached hydrogens (tertiary/aromatic N) is 1. The number of anilines is 1. The molecule has 2 fully saturated rings. The van der Waals surface area contributed by atoms with Crippen molar-refractivity contribution in [1.29, 1.82) is 5.41 Å². The minimum absolute atomic E-state index is 0.00334. The van der Waals surface area contributed by atoms with E-state index in [0.717, 1.165) is 38.1 Å². The zero-order valence-corrected chi connectivity index (χ0v) is 36.1. The number of rotatable bonds is 10. The lowest BCUT2D eigenvalue weighted by Gasteiger charge is -2.28. The second-order valence-electron chi connectivity index (χ2n) is 14.9. The minimum atomic E-state index is -1.74. The van der Waals surface area contributed by atoms with Gasteiger partial charge < -0.3 is 63.1 Å². The van der Waals surface area contributed by atoms with Crippen LogP contribution in [0.1, 0.15) is 43.7 Å². The van der Waals surface area contributed by atoms with Crippen LogP contribution < -0.4 is 43.4 Å². The van der Waals surface area contributed by atoms with E-state index in [-0.39, 0.29) is 43.3 Å². The van der Waals surface area contributed by atoms with Crippen molar-refractivity contribution in [2.45, 2.75) is 75.5 Å². The SMILES string of the molecule is C[C@@H]1NC(=O)C(CC(=O)O)NC(=O)CNC(=O)C(CC(=O)Nc2ccc(C(=N)N)cc2)NC(=O)CCSSCC(C(N)=O)NC(=O)[C@@H]2CC(OCc3c[nH]c4ccccc34)CN2C1=O. The number of carbonyl (C=O) groups is 9. The molecule has 2 saturated heterocycles.